The van der Waals surface area contributed by atoms with Gasteiger partial charge in [-0.15, -0.1) is 0 Å². The molecule has 0 spiro atoms. The molecule has 0 radical (unpaired) electrons. The minimum Gasteiger partial charge on any atom is -0.313 e. The third kappa shape index (κ3) is 3.14. The molecule has 0 fully saturated rings. The summed E-state index contributed by atoms with van der Waals surface area (Å²) >= 11 is 3.44. The summed E-state index contributed by atoms with van der Waals surface area (Å²) in [4.78, 5) is 4.78. The lowest BCUT2D eigenvalue weighted by atomic mass is 10.1. The molecular weight excluding hydrogens is 328 g/mol. The minimum absolute atomic E-state index is 0.790. The van der Waals surface area contributed by atoms with Crippen LogP contribution >= 0.6 is 15.9 Å². The number of halogens is 1. The zero-order chi connectivity index (χ0) is 14.7. The lowest BCUT2D eigenvalue weighted by Crippen LogP contribution is -2.16. The van der Waals surface area contributed by atoms with Gasteiger partial charge in [-0.2, -0.15) is 5.10 Å². The van der Waals surface area contributed by atoms with E-state index < -0.39 is 0 Å². The number of nitrogens with zero attached hydrogens (tertiary/aromatic N) is 3. The predicted molar refractivity (Wildman–Crippen MR) is 88.6 cm³/mol. The molecule has 1 aromatic carbocycles. The molecule has 4 nitrogen and oxygen atoms in total. The van der Waals surface area contributed by atoms with Gasteiger partial charge in [-0.05, 0) is 41.0 Å². The lowest BCUT2D eigenvalue weighted by Gasteiger charge is -2.11. The van der Waals surface area contributed by atoms with Crippen molar-refractivity contribution in [1.29, 1.82) is 0 Å². The van der Waals surface area contributed by atoms with Gasteiger partial charge in [0.2, 0.25) is 0 Å². The Balaban J connectivity index is 2.07. The third-order valence-electron chi connectivity index (χ3n) is 3.29. The number of rotatable bonds is 5. The van der Waals surface area contributed by atoms with Gasteiger partial charge in [0.1, 0.15) is 0 Å². The molecule has 21 heavy (non-hydrogen) atoms. The van der Waals surface area contributed by atoms with Crippen LogP contribution in [0.5, 0.6) is 0 Å². The van der Waals surface area contributed by atoms with Gasteiger partial charge in [0, 0.05) is 23.7 Å². The van der Waals surface area contributed by atoms with E-state index in [0.29, 0.717) is 0 Å². The first-order valence-corrected chi connectivity index (χ1v) is 7.87. The molecule has 1 N–H and O–H groups in total. The SMILES string of the molecule is CCCNCc1cc2ccccc2nc1-n1cc(Br)cn1. The highest BCUT2D eigenvalue weighted by Crippen LogP contribution is 2.20. The summed E-state index contributed by atoms with van der Waals surface area (Å²) in [7, 11) is 0. The molecule has 0 aliphatic rings. The van der Waals surface area contributed by atoms with Crippen LogP contribution in [0, 0.1) is 0 Å². The van der Waals surface area contributed by atoms with Crippen LogP contribution in [0.25, 0.3) is 16.7 Å². The summed E-state index contributed by atoms with van der Waals surface area (Å²) < 4.78 is 2.77. The first kappa shape index (κ1) is 14.2. The van der Waals surface area contributed by atoms with Gasteiger partial charge in [-0.3, -0.25) is 0 Å². The van der Waals surface area contributed by atoms with Crippen LogP contribution in [0.4, 0.5) is 0 Å². The molecule has 0 aliphatic carbocycles. The van der Waals surface area contributed by atoms with Crippen molar-refractivity contribution in [2.75, 3.05) is 6.54 Å². The molecule has 0 atom stereocenters. The van der Waals surface area contributed by atoms with Crippen molar-refractivity contribution >= 4 is 26.8 Å². The van der Waals surface area contributed by atoms with Crippen LogP contribution in [0.2, 0.25) is 0 Å². The first-order valence-electron chi connectivity index (χ1n) is 7.08. The summed E-state index contributed by atoms with van der Waals surface area (Å²) in [6, 6.07) is 10.4. The molecule has 0 aliphatic heterocycles. The Hall–Kier alpha value is -1.72. The largest absolute Gasteiger partial charge is 0.313 e. The number of nitrogens with one attached hydrogen (secondary N) is 1. The smallest absolute Gasteiger partial charge is 0.158 e. The van der Waals surface area contributed by atoms with Gasteiger partial charge in [-0.25, -0.2) is 9.67 Å². The molecule has 108 valence electrons. The Bertz CT molecular complexity index is 751. The summed E-state index contributed by atoms with van der Waals surface area (Å²) in [6.07, 6.45) is 4.82. The highest BCUT2D eigenvalue weighted by Gasteiger charge is 2.10. The number of hydrogen-bond acceptors (Lipinski definition) is 3. The van der Waals surface area contributed by atoms with E-state index in [4.69, 9.17) is 4.98 Å². The van der Waals surface area contributed by atoms with Gasteiger partial charge >= 0.3 is 0 Å². The number of fused-ring (bicyclic) bond motifs is 1. The highest BCUT2D eigenvalue weighted by atomic mass is 79.9. The van der Waals surface area contributed by atoms with Crippen molar-refractivity contribution in [3.63, 3.8) is 0 Å². The average Bonchev–Trinajstić information content (AvgIpc) is 2.93. The van der Waals surface area contributed by atoms with Crippen LogP contribution in [-0.2, 0) is 6.54 Å². The summed E-state index contributed by atoms with van der Waals surface area (Å²) in [5, 5.41) is 8.95. The second-order valence-corrected chi connectivity index (χ2v) is 5.86. The Labute approximate surface area is 132 Å². The number of hydrogen-bond donors (Lipinski definition) is 1. The molecule has 3 rings (SSSR count). The quantitative estimate of drug-likeness (QED) is 0.718. The monoisotopic (exact) mass is 344 g/mol. The van der Waals surface area contributed by atoms with Crippen molar-refractivity contribution in [1.82, 2.24) is 20.1 Å². The lowest BCUT2D eigenvalue weighted by molar-refractivity contribution is 0.668. The predicted octanol–water partition coefficient (Wildman–Crippen LogP) is 3.68. The van der Waals surface area contributed by atoms with Crippen LogP contribution in [0.1, 0.15) is 18.9 Å². The number of pyridine rings is 1. The van der Waals surface area contributed by atoms with Crippen molar-refractivity contribution in [2.45, 2.75) is 19.9 Å². The van der Waals surface area contributed by atoms with E-state index in [1.807, 2.05) is 29.1 Å². The van der Waals surface area contributed by atoms with Gasteiger partial charge in [0.25, 0.3) is 0 Å². The summed E-state index contributed by atoms with van der Waals surface area (Å²) in [5.74, 6) is 0.878. The number of aromatic nitrogens is 3. The van der Waals surface area contributed by atoms with Gasteiger partial charge in [-0.1, -0.05) is 25.1 Å². The molecule has 0 amide bonds. The Morgan fingerprint density at radius 2 is 2.14 bits per heavy atom. The maximum absolute atomic E-state index is 4.78. The molecule has 2 heterocycles. The average molecular weight is 345 g/mol. The zero-order valence-electron chi connectivity index (χ0n) is 11.9. The normalized spacial score (nSPS) is 11.1. The van der Waals surface area contributed by atoms with E-state index in [-0.39, 0.29) is 0 Å². The van der Waals surface area contributed by atoms with E-state index in [1.165, 1.54) is 0 Å². The van der Waals surface area contributed by atoms with Crippen LogP contribution in [-0.4, -0.2) is 21.3 Å². The molecular formula is C16H17BrN4. The fourth-order valence-corrected chi connectivity index (χ4v) is 2.58. The molecule has 5 heteroatoms. The maximum Gasteiger partial charge on any atom is 0.158 e. The van der Waals surface area contributed by atoms with E-state index in [0.717, 1.165) is 46.3 Å². The fraction of sp³-hybridized carbons (Fsp3) is 0.250. The van der Waals surface area contributed by atoms with Crippen LogP contribution in [0.15, 0.2) is 47.2 Å². The van der Waals surface area contributed by atoms with E-state index in [9.17, 15) is 0 Å². The highest BCUT2D eigenvalue weighted by molar-refractivity contribution is 9.10. The van der Waals surface area contributed by atoms with E-state index in [1.54, 1.807) is 6.20 Å². The van der Waals surface area contributed by atoms with Gasteiger partial charge < -0.3 is 5.32 Å². The topological polar surface area (TPSA) is 42.7 Å². The van der Waals surface area contributed by atoms with E-state index in [2.05, 4.69) is 45.4 Å². The minimum atomic E-state index is 0.790. The molecule has 2 aromatic heterocycles. The van der Waals surface area contributed by atoms with Gasteiger partial charge in [0.05, 0.1) is 16.2 Å². The van der Waals surface area contributed by atoms with E-state index >= 15 is 0 Å². The standard InChI is InChI=1S/C16H17BrN4/c1-2-7-18-9-13-8-12-5-3-4-6-15(12)20-16(13)21-11-14(17)10-19-21/h3-6,8,10-11,18H,2,7,9H2,1H3. The van der Waals surface area contributed by atoms with Crippen LogP contribution < -0.4 is 5.32 Å². The Kier molecular flexibility index (Phi) is 4.31. The molecule has 0 bridgehead atoms. The zero-order valence-corrected chi connectivity index (χ0v) is 13.5. The Morgan fingerprint density at radius 1 is 1.29 bits per heavy atom. The first-order chi connectivity index (χ1) is 10.3. The van der Waals surface area contributed by atoms with Crippen molar-refractivity contribution < 1.29 is 0 Å². The number of para-hydroxylation sites is 1. The van der Waals surface area contributed by atoms with Crippen molar-refractivity contribution in [2.24, 2.45) is 0 Å². The summed E-state index contributed by atoms with van der Waals surface area (Å²) in [5.41, 5.74) is 2.14. The van der Waals surface area contributed by atoms with Crippen LogP contribution in [0.3, 0.4) is 0 Å². The molecule has 0 saturated carbocycles. The second kappa shape index (κ2) is 6.37. The van der Waals surface area contributed by atoms with Gasteiger partial charge in [0.15, 0.2) is 5.82 Å². The maximum atomic E-state index is 4.78. The van der Waals surface area contributed by atoms with Crippen molar-refractivity contribution in [3.8, 4) is 5.82 Å². The third-order valence-corrected chi connectivity index (χ3v) is 3.70. The molecule has 0 unspecified atom stereocenters. The summed E-state index contributed by atoms with van der Waals surface area (Å²) in [6.45, 7) is 3.95. The molecule has 0 saturated heterocycles. The number of benzene rings is 1. The fourth-order valence-electron chi connectivity index (χ4n) is 2.29. The van der Waals surface area contributed by atoms with Crippen molar-refractivity contribution in [3.05, 3.63) is 52.8 Å². The molecule has 3 aromatic rings. The second-order valence-electron chi connectivity index (χ2n) is 4.94. The Morgan fingerprint density at radius 3 is 2.90 bits per heavy atom.